The molecule has 2 aromatic carbocycles. The summed E-state index contributed by atoms with van der Waals surface area (Å²) in [6, 6.07) is 19.0. The van der Waals surface area contributed by atoms with Gasteiger partial charge in [-0.2, -0.15) is 0 Å². The van der Waals surface area contributed by atoms with E-state index in [9.17, 15) is 29.4 Å². The molecule has 0 aromatic heterocycles. The smallest absolute Gasteiger partial charge is 0.308 e. The van der Waals surface area contributed by atoms with Crippen LogP contribution in [0.2, 0.25) is 0 Å². The van der Waals surface area contributed by atoms with Gasteiger partial charge in [-0.1, -0.05) is 74.5 Å². The molecule has 0 heterocycles. The van der Waals surface area contributed by atoms with Crippen molar-refractivity contribution in [3.8, 4) is 0 Å². The first-order valence-corrected chi connectivity index (χ1v) is 14.2. The Balaban J connectivity index is 1.81. The zero-order valence-corrected chi connectivity index (χ0v) is 24.1. The Hall–Kier alpha value is -4.64. The molecule has 0 atom stereocenters. The van der Waals surface area contributed by atoms with Crippen molar-refractivity contribution < 1.29 is 29.4 Å². The van der Waals surface area contributed by atoms with E-state index < -0.39 is 47.4 Å². The van der Waals surface area contributed by atoms with Gasteiger partial charge in [-0.05, 0) is 48.3 Å². The molecule has 1 aliphatic carbocycles. The summed E-state index contributed by atoms with van der Waals surface area (Å²) in [5.74, 6) is -9.41. The van der Waals surface area contributed by atoms with E-state index in [4.69, 9.17) is 0 Å². The number of carboxylic acids is 2. The van der Waals surface area contributed by atoms with Gasteiger partial charge in [0.1, 0.15) is 0 Å². The zero-order chi connectivity index (χ0) is 30.5. The van der Waals surface area contributed by atoms with Gasteiger partial charge in [0.25, 0.3) is 0 Å². The first kappa shape index (κ1) is 31.9. The molecule has 1 aliphatic rings. The van der Waals surface area contributed by atoms with Gasteiger partial charge in [0.15, 0.2) is 0 Å². The number of benzene rings is 2. The highest BCUT2D eigenvalue weighted by molar-refractivity contribution is 5.99. The van der Waals surface area contributed by atoms with Gasteiger partial charge >= 0.3 is 11.9 Å². The number of carboxylic acid groups (broad SMARTS) is 2. The van der Waals surface area contributed by atoms with Gasteiger partial charge < -0.3 is 20.0 Å². The molecule has 220 valence electrons. The highest BCUT2D eigenvalue weighted by atomic mass is 16.4. The zero-order valence-electron chi connectivity index (χ0n) is 24.1. The first-order valence-electron chi connectivity index (χ1n) is 14.2. The molecule has 42 heavy (non-hydrogen) atoms. The molecule has 0 unspecified atom stereocenters. The van der Waals surface area contributed by atoms with Crippen molar-refractivity contribution in [3.05, 3.63) is 95.4 Å². The summed E-state index contributed by atoms with van der Waals surface area (Å²) in [7, 11) is 0. The molecular weight excluding hydrogens is 532 g/mol. The SMILES string of the molecule is CCCN(CC=C=Cc1ccccc1)C(=O)C1C(C(=O)O)C(C(=O)N(CC=C=Cc2ccccc2)CCC)C1C(=O)O. The van der Waals surface area contributed by atoms with Crippen LogP contribution < -0.4 is 0 Å². The second kappa shape index (κ2) is 16.0. The summed E-state index contributed by atoms with van der Waals surface area (Å²) in [5, 5.41) is 20.2. The van der Waals surface area contributed by atoms with Crippen molar-refractivity contribution in [2.24, 2.45) is 23.7 Å². The van der Waals surface area contributed by atoms with Crippen LogP contribution in [-0.4, -0.2) is 69.9 Å². The minimum Gasteiger partial charge on any atom is -0.481 e. The lowest BCUT2D eigenvalue weighted by molar-refractivity contribution is -0.187. The van der Waals surface area contributed by atoms with Gasteiger partial charge in [0.2, 0.25) is 11.8 Å². The van der Waals surface area contributed by atoms with Crippen LogP contribution >= 0.6 is 0 Å². The van der Waals surface area contributed by atoms with Crippen molar-refractivity contribution in [3.63, 3.8) is 0 Å². The van der Waals surface area contributed by atoms with Crippen molar-refractivity contribution >= 4 is 35.9 Å². The van der Waals surface area contributed by atoms with E-state index in [0.29, 0.717) is 25.9 Å². The van der Waals surface area contributed by atoms with Crippen LogP contribution in [0.1, 0.15) is 37.8 Å². The predicted octanol–water partition coefficient (Wildman–Crippen LogP) is 4.85. The standard InChI is InChI=1S/C34H38N2O6/c1-3-21-35(23-13-11-19-25-15-7-5-8-16-25)31(37)27-29(33(39)40)28(30(27)34(41)42)32(38)36(22-4-2)24-14-12-20-26-17-9-6-10-18-26/h5-10,13-20,27-30H,3-4,21-24H2,1-2H3,(H,39,40)(H,41,42). The fourth-order valence-electron chi connectivity index (χ4n) is 5.26. The number of hydrogen-bond acceptors (Lipinski definition) is 4. The third-order valence-corrected chi connectivity index (χ3v) is 7.26. The minimum atomic E-state index is -1.43. The Morgan fingerprint density at radius 3 is 1.31 bits per heavy atom. The molecule has 2 N–H and O–H groups in total. The maximum atomic E-state index is 13.6. The number of rotatable bonds is 14. The number of carbonyl (C=O) groups excluding carboxylic acids is 2. The minimum absolute atomic E-state index is 0.143. The highest BCUT2D eigenvalue weighted by Gasteiger charge is 2.64. The second-order valence-electron chi connectivity index (χ2n) is 10.2. The topological polar surface area (TPSA) is 115 Å². The van der Waals surface area contributed by atoms with Crippen LogP contribution in [0.4, 0.5) is 0 Å². The fourth-order valence-corrected chi connectivity index (χ4v) is 5.26. The summed E-state index contributed by atoms with van der Waals surface area (Å²) in [6.45, 7) is 4.67. The number of carbonyl (C=O) groups is 4. The molecule has 3 rings (SSSR count). The molecule has 0 spiro atoms. The Morgan fingerprint density at radius 2 is 1.00 bits per heavy atom. The molecule has 1 fully saturated rings. The molecule has 2 aromatic rings. The quantitative estimate of drug-likeness (QED) is 0.314. The molecule has 1 saturated carbocycles. The maximum Gasteiger partial charge on any atom is 0.308 e. The Kier molecular flexibility index (Phi) is 12.1. The normalized spacial score (nSPS) is 18.7. The molecule has 0 radical (unpaired) electrons. The fraction of sp³-hybridized carbons (Fsp3) is 0.353. The van der Waals surface area contributed by atoms with Crippen LogP contribution in [0.5, 0.6) is 0 Å². The van der Waals surface area contributed by atoms with E-state index in [1.807, 2.05) is 74.5 Å². The molecule has 8 heteroatoms. The van der Waals surface area contributed by atoms with Crippen LogP contribution in [-0.2, 0) is 19.2 Å². The number of amides is 2. The molecule has 0 bridgehead atoms. The van der Waals surface area contributed by atoms with Gasteiger partial charge in [0, 0.05) is 26.2 Å². The Labute approximate surface area is 247 Å². The second-order valence-corrected chi connectivity index (χ2v) is 10.2. The third kappa shape index (κ3) is 8.20. The van der Waals surface area contributed by atoms with Gasteiger partial charge in [-0.3, -0.25) is 19.2 Å². The summed E-state index contributed by atoms with van der Waals surface area (Å²) in [5.41, 5.74) is 7.92. The molecular formula is C34H38N2O6. The average Bonchev–Trinajstić information content (AvgIpc) is 2.96. The molecule has 0 aliphatic heterocycles. The lowest BCUT2D eigenvalue weighted by Gasteiger charge is -2.48. The van der Waals surface area contributed by atoms with Crippen molar-refractivity contribution in [2.45, 2.75) is 26.7 Å². The van der Waals surface area contributed by atoms with Crippen LogP contribution in [0.15, 0.2) is 84.3 Å². The molecule has 0 saturated heterocycles. The van der Waals surface area contributed by atoms with Crippen LogP contribution in [0.3, 0.4) is 0 Å². The van der Waals surface area contributed by atoms with Gasteiger partial charge in [-0.25, -0.2) is 0 Å². The van der Waals surface area contributed by atoms with E-state index >= 15 is 0 Å². The third-order valence-electron chi connectivity index (χ3n) is 7.26. The van der Waals surface area contributed by atoms with E-state index in [-0.39, 0.29) is 13.1 Å². The van der Waals surface area contributed by atoms with E-state index in [1.165, 1.54) is 9.80 Å². The number of hydrogen-bond donors (Lipinski definition) is 2. The van der Waals surface area contributed by atoms with E-state index in [1.54, 1.807) is 24.3 Å². The predicted molar refractivity (Wildman–Crippen MR) is 161 cm³/mol. The molecule has 8 nitrogen and oxygen atoms in total. The van der Waals surface area contributed by atoms with Crippen molar-refractivity contribution in [2.75, 3.05) is 26.2 Å². The monoisotopic (exact) mass is 570 g/mol. The van der Waals surface area contributed by atoms with E-state index in [0.717, 1.165) is 11.1 Å². The number of nitrogens with zero attached hydrogens (tertiary/aromatic N) is 2. The van der Waals surface area contributed by atoms with Crippen LogP contribution in [0, 0.1) is 23.7 Å². The van der Waals surface area contributed by atoms with Gasteiger partial charge in [-0.15, -0.1) is 11.5 Å². The van der Waals surface area contributed by atoms with Crippen molar-refractivity contribution in [1.29, 1.82) is 0 Å². The Bertz CT molecular complexity index is 1240. The van der Waals surface area contributed by atoms with Crippen LogP contribution in [0.25, 0.3) is 12.2 Å². The Morgan fingerprint density at radius 1 is 0.643 bits per heavy atom. The average molecular weight is 571 g/mol. The van der Waals surface area contributed by atoms with Gasteiger partial charge in [0.05, 0.1) is 23.7 Å². The summed E-state index contributed by atoms with van der Waals surface area (Å²) in [4.78, 5) is 54.9. The summed E-state index contributed by atoms with van der Waals surface area (Å²) in [6.07, 6.45) is 8.04. The highest BCUT2D eigenvalue weighted by Crippen LogP contribution is 2.48. The summed E-state index contributed by atoms with van der Waals surface area (Å²) < 4.78 is 0. The maximum absolute atomic E-state index is 13.6. The first-order chi connectivity index (χ1) is 20.3. The lowest BCUT2D eigenvalue weighted by atomic mass is 9.55. The largest absolute Gasteiger partial charge is 0.481 e. The number of aliphatic carboxylic acids is 2. The van der Waals surface area contributed by atoms with E-state index in [2.05, 4.69) is 11.5 Å². The summed E-state index contributed by atoms with van der Waals surface area (Å²) >= 11 is 0. The lowest BCUT2D eigenvalue weighted by Crippen LogP contribution is -2.64. The van der Waals surface area contributed by atoms with Crippen molar-refractivity contribution in [1.82, 2.24) is 9.80 Å². The molecule has 2 amide bonds.